The van der Waals surface area contributed by atoms with Gasteiger partial charge in [0.15, 0.2) is 0 Å². The first-order chi connectivity index (χ1) is 21.6. The molecule has 2 aromatic carbocycles. The van der Waals surface area contributed by atoms with Crippen molar-refractivity contribution in [3.63, 3.8) is 0 Å². The van der Waals surface area contributed by atoms with Gasteiger partial charge in [-0.2, -0.15) is 11.8 Å². The molecular weight excluding hydrogens is 592 g/mol. The predicted molar refractivity (Wildman–Crippen MR) is 178 cm³/mol. The second-order valence-electron chi connectivity index (χ2n) is 11.3. The van der Waals surface area contributed by atoms with Crippen molar-refractivity contribution in [1.29, 1.82) is 0 Å². The Kier molecular flexibility index (Phi) is 11.7. The lowest BCUT2D eigenvalue weighted by molar-refractivity contribution is -0.143. The van der Waals surface area contributed by atoms with Gasteiger partial charge in [0.1, 0.15) is 18.1 Å². The molecule has 2 heterocycles. The van der Waals surface area contributed by atoms with Gasteiger partial charge in [-0.1, -0.05) is 56.7 Å². The molecule has 4 aromatic rings. The van der Waals surface area contributed by atoms with E-state index in [0.29, 0.717) is 12.2 Å². The molecule has 0 aliphatic heterocycles. The average Bonchev–Trinajstić information content (AvgIpc) is 3.64. The summed E-state index contributed by atoms with van der Waals surface area (Å²) in [6.07, 6.45) is 6.73. The minimum absolute atomic E-state index is 0.142. The van der Waals surface area contributed by atoms with E-state index in [1.54, 1.807) is 13.1 Å². The minimum atomic E-state index is -1.14. The van der Waals surface area contributed by atoms with Gasteiger partial charge in [0.2, 0.25) is 17.7 Å². The Hall–Kier alpha value is -4.29. The third-order valence-corrected chi connectivity index (χ3v) is 8.85. The van der Waals surface area contributed by atoms with Gasteiger partial charge in [-0.15, -0.1) is 0 Å². The third kappa shape index (κ3) is 8.46. The van der Waals surface area contributed by atoms with Gasteiger partial charge in [0.25, 0.3) is 0 Å². The number of carboxylic acid groups (broad SMARTS) is 1. The molecule has 0 aliphatic carbocycles. The molecule has 0 radical (unpaired) electrons. The summed E-state index contributed by atoms with van der Waals surface area (Å²) >= 11 is 1.50. The Morgan fingerprint density at radius 2 is 1.36 bits per heavy atom. The number of carbonyl (C=O) groups excluding carboxylic acids is 3. The van der Waals surface area contributed by atoms with Crippen LogP contribution in [-0.4, -0.2) is 74.9 Å². The number of amides is 3. The van der Waals surface area contributed by atoms with Crippen LogP contribution in [0.4, 0.5) is 0 Å². The van der Waals surface area contributed by atoms with Crippen LogP contribution in [0.2, 0.25) is 0 Å². The molecule has 5 unspecified atom stereocenters. The van der Waals surface area contributed by atoms with Crippen molar-refractivity contribution >= 4 is 57.3 Å². The van der Waals surface area contributed by atoms with Crippen molar-refractivity contribution in [2.75, 3.05) is 12.0 Å². The van der Waals surface area contributed by atoms with Crippen LogP contribution >= 0.6 is 11.8 Å². The number of rotatable bonds is 16. The standard InChI is InChI=1S/C33H42N6O5S/c1-4-19(2)29(33(43)44)39-31(41)27(13-14-45-3)37-32(42)28(16-21-18-36-26-12-8-6-10-23(21)26)38-30(40)24(34)15-20-17-35-25-11-7-5-9-22(20)25/h5-12,17-19,24,27-29,35-36H,4,13-16,34H2,1-3H3,(H,37,42)(H,38,40)(H,39,41)(H,43,44). The zero-order valence-electron chi connectivity index (χ0n) is 25.8. The Bertz CT molecular complexity index is 1630. The monoisotopic (exact) mass is 634 g/mol. The maximum atomic E-state index is 13.9. The van der Waals surface area contributed by atoms with Crippen LogP contribution in [0, 0.1) is 5.92 Å². The maximum absolute atomic E-state index is 13.9. The summed E-state index contributed by atoms with van der Waals surface area (Å²) in [4.78, 5) is 58.9. The fraction of sp³-hybridized carbons (Fsp3) is 0.394. The van der Waals surface area contributed by atoms with Crippen molar-refractivity contribution in [1.82, 2.24) is 25.9 Å². The van der Waals surface area contributed by atoms with Crippen molar-refractivity contribution in [3.8, 4) is 0 Å². The summed E-state index contributed by atoms with van der Waals surface area (Å²) in [6.45, 7) is 3.60. The number of hydrogen-bond acceptors (Lipinski definition) is 6. The van der Waals surface area contributed by atoms with Crippen LogP contribution < -0.4 is 21.7 Å². The SMILES string of the molecule is CCC(C)C(NC(=O)C(CCSC)NC(=O)C(Cc1c[nH]c2ccccc12)NC(=O)C(N)Cc1c[nH]c2ccccc12)C(=O)O. The first-order valence-electron chi connectivity index (χ1n) is 15.1. The largest absolute Gasteiger partial charge is 0.480 e. The number of fused-ring (bicyclic) bond motifs is 2. The van der Waals surface area contributed by atoms with Gasteiger partial charge in [0.05, 0.1) is 6.04 Å². The van der Waals surface area contributed by atoms with Crippen LogP contribution in [0.1, 0.15) is 37.8 Å². The quantitative estimate of drug-likeness (QED) is 0.0988. The topological polar surface area (TPSA) is 182 Å². The van der Waals surface area contributed by atoms with Gasteiger partial charge < -0.3 is 36.8 Å². The van der Waals surface area contributed by atoms with Crippen LogP contribution in [0.15, 0.2) is 60.9 Å². The first-order valence-corrected chi connectivity index (χ1v) is 16.5. The minimum Gasteiger partial charge on any atom is -0.480 e. The molecule has 11 nitrogen and oxygen atoms in total. The fourth-order valence-corrected chi connectivity index (χ4v) is 5.82. The molecule has 0 fully saturated rings. The Balaban J connectivity index is 1.55. The fourth-order valence-electron chi connectivity index (χ4n) is 5.35. The highest BCUT2D eigenvalue weighted by molar-refractivity contribution is 7.98. The van der Waals surface area contributed by atoms with E-state index in [0.717, 1.165) is 32.9 Å². The number of thioether (sulfide) groups is 1. The zero-order chi connectivity index (χ0) is 32.5. The Labute approximate surface area is 266 Å². The average molecular weight is 635 g/mol. The molecule has 0 spiro atoms. The molecule has 0 bridgehead atoms. The highest BCUT2D eigenvalue weighted by atomic mass is 32.2. The van der Waals surface area contributed by atoms with E-state index in [4.69, 9.17) is 5.73 Å². The lowest BCUT2D eigenvalue weighted by Crippen LogP contribution is -2.58. The van der Waals surface area contributed by atoms with Gasteiger partial charge in [-0.05, 0) is 54.0 Å². The molecule has 0 saturated heterocycles. The summed E-state index contributed by atoms with van der Waals surface area (Å²) in [5.41, 5.74) is 9.88. The van der Waals surface area contributed by atoms with Crippen molar-refractivity contribution in [3.05, 3.63) is 72.1 Å². The van der Waals surface area contributed by atoms with Gasteiger partial charge in [-0.3, -0.25) is 14.4 Å². The van der Waals surface area contributed by atoms with Gasteiger partial charge >= 0.3 is 5.97 Å². The summed E-state index contributed by atoms with van der Waals surface area (Å²) < 4.78 is 0. The molecule has 8 N–H and O–H groups in total. The summed E-state index contributed by atoms with van der Waals surface area (Å²) in [7, 11) is 0. The zero-order valence-corrected chi connectivity index (χ0v) is 26.6. The smallest absolute Gasteiger partial charge is 0.326 e. The van der Waals surface area contributed by atoms with Crippen LogP contribution in [0.25, 0.3) is 21.8 Å². The molecule has 3 amide bonds. The Morgan fingerprint density at radius 3 is 1.91 bits per heavy atom. The number of carbonyl (C=O) groups is 4. The van der Waals surface area contributed by atoms with E-state index >= 15 is 0 Å². The number of para-hydroxylation sites is 2. The van der Waals surface area contributed by atoms with Gasteiger partial charge in [0, 0.05) is 40.6 Å². The number of H-pyrrole nitrogens is 2. The highest BCUT2D eigenvalue weighted by Crippen LogP contribution is 2.21. The van der Waals surface area contributed by atoms with E-state index in [2.05, 4.69) is 25.9 Å². The number of nitrogens with two attached hydrogens (primary N) is 1. The van der Waals surface area contributed by atoms with Crippen LogP contribution in [0.5, 0.6) is 0 Å². The van der Waals surface area contributed by atoms with Crippen molar-refractivity contribution in [2.24, 2.45) is 11.7 Å². The van der Waals surface area contributed by atoms with E-state index in [-0.39, 0.29) is 25.2 Å². The normalized spacial score (nSPS) is 14.8. The number of aromatic nitrogens is 2. The number of aromatic amines is 2. The summed E-state index contributed by atoms with van der Waals surface area (Å²) in [5, 5.41) is 19.8. The van der Waals surface area contributed by atoms with Crippen molar-refractivity contribution < 1.29 is 24.3 Å². The molecule has 12 heteroatoms. The number of aliphatic carboxylic acids is 1. The first kappa shape index (κ1) is 33.6. The van der Waals surface area contributed by atoms with E-state index < -0.39 is 47.9 Å². The maximum Gasteiger partial charge on any atom is 0.326 e. The number of carboxylic acids is 1. The lowest BCUT2D eigenvalue weighted by Gasteiger charge is -2.26. The summed E-state index contributed by atoms with van der Waals surface area (Å²) in [6, 6.07) is 11.3. The second kappa shape index (κ2) is 15.6. The molecular formula is C33H42N6O5S. The van der Waals surface area contributed by atoms with Gasteiger partial charge in [-0.25, -0.2) is 4.79 Å². The number of nitrogens with one attached hydrogen (secondary N) is 5. The number of hydrogen-bond donors (Lipinski definition) is 7. The third-order valence-electron chi connectivity index (χ3n) is 8.20. The summed E-state index contributed by atoms with van der Waals surface area (Å²) in [5.74, 6) is -2.55. The Morgan fingerprint density at radius 1 is 0.822 bits per heavy atom. The van der Waals surface area contributed by atoms with E-state index in [1.165, 1.54) is 11.8 Å². The molecule has 0 saturated carbocycles. The number of benzene rings is 2. The second-order valence-corrected chi connectivity index (χ2v) is 12.3. The predicted octanol–water partition coefficient (Wildman–Crippen LogP) is 3.10. The molecule has 0 aliphatic rings. The lowest BCUT2D eigenvalue weighted by atomic mass is 9.98. The highest BCUT2D eigenvalue weighted by Gasteiger charge is 2.32. The van der Waals surface area contributed by atoms with Crippen LogP contribution in [-0.2, 0) is 32.0 Å². The van der Waals surface area contributed by atoms with Crippen LogP contribution in [0.3, 0.4) is 0 Å². The van der Waals surface area contributed by atoms with E-state index in [1.807, 2.05) is 67.9 Å². The van der Waals surface area contributed by atoms with Crippen molar-refractivity contribution in [2.45, 2.75) is 63.7 Å². The molecule has 4 rings (SSSR count). The van der Waals surface area contributed by atoms with E-state index in [9.17, 15) is 24.3 Å². The molecule has 2 aromatic heterocycles. The molecule has 5 atom stereocenters. The molecule has 45 heavy (non-hydrogen) atoms. The molecule has 240 valence electrons.